The van der Waals surface area contributed by atoms with Gasteiger partial charge in [-0.05, 0) is 26.3 Å². The summed E-state index contributed by atoms with van der Waals surface area (Å²) in [6.45, 7) is 6.11. The van der Waals surface area contributed by atoms with Gasteiger partial charge >= 0.3 is 0 Å². The SMILES string of the molecule is CCCNCCc1nnc(CCC(C)OC)o1. The van der Waals surface area contributed by atoms with Crippen LogP contribution >= 0.6 is 0 Å². The Kier molecular flexibility index (Phi) is 6.81. The molecule has 0 aliphatic carbocycles. The third-order valence-corrected chi connectivity index (χ3v) is 2.62. The summed E-state index contributed by atoms with van der Waals surface area (Å²) in [4.78, 5) is 0. The lowest BCUT2D eigenvalue weighted by Crippen LogP contribution is -2.17. The van der Waals surface area contributed by atoms with Crippen molar-refractivity contribution in [2.45, 2.75) is 45.6 Å². The first kappa shape index (κ1) is 14.1. The summed E-state index contributed by atoms with van der Waals surface area (Å²) in [7, 11) is 1.71. The van der Waals surface area contributed by atoms with E-state index in [9.17, 15) is 0 Å². The predicted molar refractivity (Wildman–Crippen MR) is 66.0 cm³/mol. The molecule has 0 radical (unpaired) electrons. The van der Waals surface area contributed by atoms with Gasteiger partial charge in [0.15, 0.2) is 0 Å². The molecule has 0 fully saturated rings. The van der Waals surface area contributed by atoms with Gasteiger partial charge in [0.2, 0.25) is 11.8 Å². The lowest BCUT2D eigenvalue weighted by molar-refractivity contribution is 0.109. The summed E-state index contributed by atoms with van der Waals surface area (Å²) in [5.41, 5.74) is 0. The number of aromatic nitrogens is 2. The van der Waals surface area contributed by atoms with Gasteiger partial charge in [-0.1, -0.05) is 6.92 Å². The molecule has 1 rings (SSSR count). The van der Waals surface area contributed by atoms with Crippen molar-refractivity contribution in [2.24, 2.45) is 0 Å². The Hall–Kier alpha value is -0.940. The van der Waals surface area contributed by atoms with Crippen molar-refractivity contribution in [3.05, 3.63) is 11.8 Å². The summed E-state index contributed by atoms with van der Waals surface area (Å²) in [5, 5.41) is 11.3. The van der Waals surface area contributed by atoms with E-state index in [1.807, 2.05) is 6.92 Å². The maximum absolute atomic E-state index is 5.54. The van der Waals surface area contributed by atoms with Crippen molar-refractivity contribution in [2.75, 3.05) is 20.2 Å². The number of hydrogen-bond acceptors (Lipinski definition) is 5. The average molecular weight is 241 g/mol. The maximum Gasteiger partial charge on any atom is 0.217 e. The van der Waals surface area contributed by atoms with E-state index in [0.717, 1.165) is 38.8 Å². The molecule has 17 heavy (non-hydrogen) atoms. The highest BCUT2D eigenvalue weighted by Gasteiger charge is 2.07. The second-order valence-corrected chi connectivity index (χ2v) is 4.17. The third-order valence-electron chi connectivity index (χ3n) is 2.62. The van der Waals surface area contributed by atoms with Gasteiger partial charge in [0.1, 0.15) is 0 Å². The van der Waals surface area contributed by atoms with Crippen LogP contribution in [-0.2, 0) is 17.6 Å². The molecule has 1 heterocycles. The highest BCUT2D eigenvalue weighted by atomic mass is 16.5. The summed E-state index contributed by atoms with van der Waals surface area (Å²) < 4.78 is 10.7. The fraction of sp³-hybridized carbons (Fsp3) is 0.833. The Labute approximate surface area is 103 Å². The Balaban J connectivity index is 2.22. The van der Waals surface area contributed by atoms with Gasteiger partial charge in [0.05, 0.1) is 6.10 Å². The molecule has 1 N–H and O–H groups in total. The van der Waals surface area contributed by atoms with Gasteiger partial charge in [0, 0.05) is 26.5 Å². The Bertz CT molecular complexity index is 302. The first-order valence-corrected chi connectivity index (χ1v) is 6.31. The second kappa shape index (κ2) is 8.20. The molecule has 0 saturated heterocycles. The average Bonchev–Trinajstić information content (AvgIpc) is 2.79. The van der Waals surface area contributed by atoms with Crippen LogP contribution in [0.1, 0.15) is 38.5 Å². The number of ether oxygens (including phenoxy) is 1. The minimum Gasteiger partial charge on any atom is -0.425 e. The van der Waals surface area contributed by atoms with E-state index in [1.165, 1.54) is 0 Å². The van der Waals surface area contributed by atoms with E-state index in [0.29, 0.717) is 11.8 Å². The number of hydrogen-bond donors (Lipinski definition) is 1. The van der Waals surface area contributed by atoms with Crippen LogP contribution in [0.2, 0.25) is 0 Å². The Morgan fingerprint density at radius 1 is 1.24 bits per heavy atom. The van der Waals surface area contributed by atoms with E-state index in [2.05, 4.69) is 22.4 Å². The van der Waals surface area contributed by atoms with Gasteiger partial charge in [0.25, 0.3) is 0 Å². The number of aryl methyl sites for hydroxylation is 1. The van der Waals surface area contributed by atoms with Crippen molar-refractivity contribution in [1.82, 2.24) is 15.5 Å². The molecule has 1 aromatic heterocycles. The van der Waals surface area contributed by atoms with Crippen molar-refractivity contribution < 1.29 is 9.15 Å². The maximum atomic E-state index is 5.54. The molecule has 0 saturated carbocycles. The predicted octanol–water partition coefficient (Wildman–Crippen LogP) is 1.58. The Morgan fingerprint density at radius 2 is 1.94 bits per heavy atom. The topological polar surface area (TPSA) is 60.2 Å². The van der Waals surface area contributed by atoms with Crippen LogP contribution in [0.5, 0.6) is 0 Å². The van der Waals surface area contributed by atoms with Crippen LogP contribution in [0, 0.1) is 0 Å². The molecule has 0 bridgehead atoms. The standard InChI is InChI=1S/C12H23N3O2/c1-4-8-13-9-7-12-15-14-11(17-12)6-5-10(2)16-3/h10,13H,4-9H2,1-3H3. The number of methoxy groups -OCH3 is 1. The van der Waals surface area contributed by atoms with E-state index < -0.39 is 0 Å². The van der Waals surface area contributed by atoms with Crippen molar-refractivity contribution in [3.63, 3.8) is 0 Å². The monoisotopic (exact) mass is 241 g/mol. The molecule has 5 heteroatoms. The van der Waals surface area contributed by atoms with Gasteiger partial charge in [-0.15, -0.1) is 10.2 Å². The van der Waals surface area contributed by atoms with Crippen molar-refractivity contribution in [3.8, 4) is 0 Å². The number of nitrogens with one attached hydrogen (secondary N) is 1. The fourth-order valence-corrected chi connectivity index (χ4v) is 1.43. The molecule has 0 spiro atoms. The van der Waals surface area contributed by atoms with Crippen molar-refractivity contribution >= 4 is 0 Å². The zero-order valence-corrected chi connectivity index (χ0v) is 11.0. The van der Waals surface area contributed by atoms with Gasteiger partial charge in [-0.3, -0.25) is 0 Å². The minimum absolute atomic E-state index is 0.233. The van der Waals surface area contributed by atoms with Crippen LogP contribution < -0.4 is 5.32 Å². The summed E-state index contributed by atoms with van der Waals surface area (Å²) in [5.74, 6) is 1.42. The van der Waals surface area contributed by atoms with E-state index in [4.69, 9.17) is 9.15 Å². The van der Waals surface area contributed by atoms with E-state index in [-0.39, 0.29) is 6.10 Å². The zero-order chi connectivity index (χ0) is 12.5. The smallest absolute Gasteiger partial charge is 0.217 e. The summed E-state index contributed by atoms with van der Waals surface area (Å²) >= 11 is 0. The fourth-order valence-electron chi connectivity index (χ4n) is 1.43. The highest BCUT2D eigenvalue weighted by Crippen LogP contribution is 2.06. The first-order valence-electron chi connectivity index (χ1n) is 6.31. The summed E-state index contributed by atoms with van der Waals surface area (Å²) in [6.07, 6.45) is 3.87. The van der Waals surface area contributed by atoms with Crippen LogP contribution in [-0.4, -0.2) is 36.5 Å². The van der Waals surface area contributed by atoms with Gasteiger partial charge in [-0.2, -0.15) is 0 Å². The molecule has 1 unspecified atom stereocenters. The lowest BCUT2D eigenvalue weighted by atomic mass is 10.2. The zero-order valence-electron chi connectivity index (χ0n) is 11.0. The normalized spacial score (nSPS) is 12.9. The van der Waals surface area contributed by atoms with E-state index in [1.54, 1.807) is 7.11 Å². The van der Waals surface area contributed by atoms with Gasteiger partial charge in [-0.25, -0.2) is 0 Å². The van der Waals surface area contributed by atoms with Crippen molar-refractivity contribution in [1.29, 1.82) is 0 Å². The summed E-state index contributed by atoms with van der Waals surface area (Å²) in [6, 6.07) is 0. The molecule has 1 aromatic rings. The number of rotatable bonds is 9. The van der Waals surface area contributed by atoms with Crippen LogP contribution in [0.4, 0.5) is 0 Å². The molecular weight excluding hydrogens is 218 g/mol. The molecular formula is C12H23N3O2. The van der Waals surface area contributed by atoms with Crippen LogP contribution in [0.15, 0.2) is 4.42 Å². The quantitative estimate of drug-likeness (QED) is 0.665. The molecule has 98 valence electrons. The Morgan fingerprint density at radius 3 is 2.59 bits per heavy atom. The molecule has 0 aromatic carbocycles. The largest absolute Gasteiger partial charge is 0.425 e. The molecule has 0 amide bonds. The third kappa shape index (κ3) is 5.79. The second-order valence-electron chi connectivity index (χ2n) is 4.17. The van der Waals surface area contributed by atoms with Crippen LogP contribution in [0.3, 0.4) is 0 Å². The van der Waals surface area contributed by atoms with E-state index >= 15 is 0 Å². The first-order chi connectivity index (χ1) is 8.26. The lowest BCUT2D eigenvalue weighted by Gasteiger charge is -2.05. The molecule has 0 aliphatic rings. The molecule has 0 aliphatic heterocycles. The number of nitrogens with zero attached hydrogens (tertiary/aromatic N) is 2. The van der Waals surface area contributed by atoms with Gasteiger partial charge < -0.3 is 14.5 Å². The van der Waals surface area contributed by atoms with Crippen LogP contribution in [0.25, 0.3) is 0 Å². The highest BCUT2D eigenvalue weighted by molar-refractivity contribution is 4.83. The minimum atomic E-state index is 0.233. The molecule has 5 nitrogen and oxygen atoms in total. The molecule has 1 atom stereocenters.